The molecule has 1 aromatic rings. The van der Waals surface area contributed by atoms with Crippen LogP contribution in [0.1, 0.15) is 36.5 Å². The summed E-state index contributed by atoms with van der Waals surface area (Å²) in [5.41, 5.74) is 2.42. The van der Waals surface area contributed by atoms with Crippen LogP contribution in [0.15, 0.2) is 24.3 Å². The van der Waals surface area contributed by atoms with E-state index in [4.69, 9.17) is 4.74 Å². The number of aryl methyl sites for hydroxylation is 1. The number of hydrogen-bond donors (Lipinski definition) is 2. The van der Waals surface area contributed by atoms with E-state index in [0.717, 1.165) is 24.8 Å². The lowest BCUT2D eigenvalue weighted by Gasteiger charge is -2.26. The zero-order valence-corrected chi connectivity index (χ0v) is 10.8. The van der Waals surface area contributed by atoms with E-state index < -0.39 is 6.10 Å². The SMILES string of the molecule is O=C(OC1CCCc2ccccc21)[C@@H]1C[C@H](O)CN1. The lowest BCUT2D eigenvalue weighted by molar-refractivity contribution is -0.152. The first-order valence-corrected chi connectivity index (χ1v) is 6.94. The van der Waals surface area contributed by atoms with Crippen molar-refractivity contribution in [2.24, 2.45) is 0 Å². The van der Waals surface area contributed by atoms with Crippen LogP contribution in [0.25, 0.3) is 0 Å². The van der Waals surface area contributed by atoms with Gasteiger partial charge in [0.2, 0.25) is 0 Å². The number of rotatable bonds is 2. The van der Waals surface area contributed by atoms with Crippen molar-refractivity contribution in [2.75, 3.05) is 6.54 Å². The number of carbonyl (C=O) groups excluding carboxylic acids is 1. The van der Waals surface area contributed by atoms with Gasteiger partial charge in [0, 0.05) is 13.0 Å². The summed E-state index contributed by atoms with van der Waals surface area (Å²) in [4.78, 5) is 12.1. The zero-order valence-electron chi connectivity index (χ0n) is 10.8. The Morgan fingerprint density at radius 2 is 2.21 bits per heavy atom. The first-order chi connectivity index (χ1) is 9.24. The molecule has 102 valence electrons. The van der Waals surface area contributed by atoms with Crippen LogP contribution in [0.2, 0.25) is 0 Å². The predicted molar refractivity (Wildman–Crippen MR) is 70.6 cm³/mol. The van der Waals surface area contributed by atoms with E-state index in [2.05, 4.69) is 11.4 Å². The third kappa shape index (κ3) is 2.65. The molecule has 1 saturated heterocycles. The standard InChI is InChI=1S/C15H19NO3/c17-11-8-13(16-9-11)15(18)19-14-7-3-5-10-4-1-2-6-12(10)14/h1-2,4,6,11,13-14,16-17H,3,5,7-9H2/t11-,13-,14?/m0/s1. The molecule has 3 atom stereocenters. The number of carbonyl (C=O) groups is 1. The third-order valence-corrected chi connectivity index (χ3v) is 3.96. The number of aliphatic hydroxyl groups is 1. The summed E-state index contributed by atoms with van der Waals surface area (Å²) in [5.74, 6) is -0.238. The van der Waals surface area contributed by atoms with Crippen molar-refractivity contribution in [3.05, 3.63) is 35.4 Å². The number of benzene rings is 1. The van der Waals surface area contributed by atoms with Gasteiger partial charge in [0.15, 0.2) is 0 Å². The Morgan fingerprint density at radius 1 is 1.37 bits per heavy atom. The summed E-state index contributed by atoms with van der Waals surface area (Å²) in [5, 5.41) is 12.4. The highest BCUT2D eigenvalue weighted by atomic mass is 16.5. The molecule has 1 heterocycles. The fraction of sp³-hybridized carbons (Fsp3) is 0.533. The van der Waals surface area contributed by atoms with Gasteiger partial charge in [0.25, 0.3) is 0 Å². The van der Waals surface area contributed by atoms with Crippen LogP contribution in [0.5, 0.6) is 0 Å². The number of esters is 1. The molecule has 1 aliphatic heterocycles. The van der Waals surface area contributed by atoms with E-state index in [1.807, 2.05) is 18.2 Å². The van der Waals surface area contributed by atoms with Gasteiger partial charge in [-0.1, -0.05) is 24.3 Å². The molecule has 1 fully saturated rings. The van der Waals surface area contributed by atoms with Gasteiger partial charge in [-0.05, 0) is 30.4 Å². The molecule has 2 aliphatic rings. The topological polar surface area (TPSA) is 58.6 Å². The quantitative estimate of drug-likeness (QED) is 0.789. The molecular formula is C15H19NO3. The zero-order chi connectivity index (χ0) is 13.2. The second kappa shape index (κ2) is 5.31. The minimum atomic E-state index is -0.434. The highest BCUT2D eigenvalue weighted by Crippen LogP contribution is 2.32. The molecule has 1 aliphatic carbocycles. The van der Waals surface area contributed by atoms with Gasteiger partial charge >= 0.3 is 5.97 Å². The van der Waals surface area contributed by atoms with Gasteiger partial charge in [-0.25, -0.2) is 0 Å². The number of β-amino-alcohol motifs (C(OH)–C–C–N with tert-alkyl or cyclic N) is 1. The normalized spacial score (nSPS) is 29.8. The molecule has 0 aromatic heterocycles. The Balaban J connectivity index is 1.69. The molecule has 0 saturated carbocycles. The smallest absolute Gasteiger partial charge is 0.323 e. The summed E-state index contributed by atoms with van der Waals surface area (Å²) in [7, 11) is 0. The third-order valence-electron chi connectivity index (χ3n) is 3.96. The molecule has 2 N–H and O–H groups in total. The molecule has 4 nitrogen and oxygen atoms in total. The minimum absolute atomic E-state index is 0.128. The lowest BCUT2D eigenvalue weighted by atomic mass is 9.89. The summed E-state index contributed by atoms with van der Waals surface area (Å²) in [6.07, 6.45) is 2.89. The molecule has 4 heteroatoms. The van der Waals surface area contributed by atoms with E-state index in [1.165, 1.54) is 5.56 Å². The maximum Gasteiger partial charge on any atom is 0.323 e. The summed E-state index contributed by atoms with van der Waals surface area (Å²) >= 11 is 0. The monoisotopic (exact) mass is 261 g/mol. The van der Waals surface area contributed by atoms with E-state index >= 15 is 0 Å². The molecule has 0 bridgehead atoms. The van der Waals surface area contributed by atoms with E-state index in [-0.39, 0.29) is 18.1 Å². The van der Waals surface area contributed by atoms with E-state index in [9.17, 15) is 9.90 Å². The lowest BCUT2D eigenvalue weighted by Crippen LogP contribution is -2.33. The largest absolute Gasteiger partial charge is 0.456 e. The fourth-order valence-corrected chi connectivity index (χ4v) is 2.95. The van der Waals surface area contributed by atoms with Crippen LogP contribution in [0.4, 0.5) is 0 Å². The molecule has 0 spiro atoms. The maximum absolute atomic E-state index is 12.1. The van der Waals surface area contributed by atoms with Crippen molar-refractivity contribution < 1.29 is 14.6 Å². The summed E-state index contributed by atoms with van der Waals surface area (Å²) < 4.78 is 5.64. The number of ether oxygens (including phenoxy) is 1. The molecule has 1 unspecified atom stereocenters. The molecule has 19 heavy (non-hydrogen) atoms. The summed E-state index contributed by atoms with van der Waals surface area (Å²) in [6, 6.07) is 7.81. The van der Waals surface area contributed by atoms with Crippen molar-refractivity contribution >= 4 is 5.97 Å². The molecule has 3 rings (SSSR count). The van der Waals surface area contributed by atoms with Gasteiger partial charge in [-0.2, -0.15) is 0 Å². The van der Waals surface area contributed by atoms with Crippen molar-refractivity contribution in [3.63, 3.8) is 0 Å². The molecule has 1 aromatic carbocycles. The van der Waals surface area contributed by atoms with E-state index in [1.54, 1.807) is 0 Å². The molecular weight excluding hydrogens is 242 g/mol. The number of fused-ring (bicyclic) bond motifs is 1. The molecule has 0 amide bonds. The number of nitrogens with one attached hydrogen (secondary N) is 1. The van der Waals surface area contributed by atoms with Gasteiger partial charge in [-0.3, -0.25) is 4.79 Å². The van der Waals surface area contributed by atoms with Crippen LogP contribution >= 0.6 is 0 Å². The Bertz CT molecular complexity index is 474. The van der Waals surface area contributed by atoms with Gasteiger partial charge in [-0.15, -0.1) is 0 Å². The Labute approximate surface area is 112 Å². The van der Waals surface area contributed by atoms with Crippen molar-refractivity contribution in [1.29, 1.82) is 0 Å². The second-order valence-electron chi connectivity index (χ2n) is 5.37. The van der Waals surface area contributed by atoms with Gasteiger partial charge in [0.05, 0.1) is 6.10 Å². The Hall–Kier alpha value is -1.39. The average Bonchev–Trinajstić information content (AvgIpc) is 2.86. The van der Waals surface area contributed by atoms with Crippen LogP contribution in [0, 0.1) is 0 Å². The summed E-state index contributed by atoms with van der Waals surface area (Å²) in [6.45, 7) is 0.473. The van der Waals surface area contributed by atoms with Crippen LogP contribution < -0.4 is 5.32 Å². The maximum atomic E-state index is 12.1. The van der Waals surface area contributed by atoms with Crippen molar-refractivity contribution in [2.45, 2.75) is 43.9 Å². The van der Waals surface area contributed by atoms with E-state index in [0.29, 0.717) is 13.0 Å². The first-order valence-electron chi connectivity index (χ1n) is 6.94. The number of hydrogen-bond acceptors (Lipinski definition) is 4. The Morgan fingerprint density at radius 3 is 3.00 bits per heavy atom. The van der Waals surface area contributed by atoms with Crippen LogP contribution in [-0.2, 0) is 16.0 Å². The minimum Gasteiger partial charge on any atom is -0.456 e. The second-order valence-corrected chi connectivity index (χ2v) is 5.37. The van der Waals surface area contributed by atoms with Crippen LogP contribution in [-0.4, -0.2) is 29.8 Å². The molecule has 0 radical (unpaired) electrons. The van der Waals surface area contributed by atoms with Crippen molar-refractivity contribution in [1.82, 2.24) is 5.32 Å². The van der Waals surface area contributed by atoms with Gasteiger partial charge in [0.1, 0.15) is 12.1 Å². The fourth-order valence-electron chi connectivity index (χ4n) is 2.95. The predicted octanol–water partition coefficient (Wildman–Crippen LogP) is 1.33. The Kier molecular flexibility index (Phi) is 3.53. The number of aliphatic hydroxyl groups excluding tert-OH is 1. The highest BCUT2D eigenvalue weighted by molar-refractivity contribution is 5.76. The van der Waals surface area contributed by atoms with Crippen LogP contribution in [0.3, 0.4) is 0 Å². The van der Waals surface area contributed by atoms with Gasteiger partial charge < -0.3 is 15.2 Å². The highest BCUT2D eigenvalue weighted by Gasteiger charge is 2.32. The first kappa shape index (κ1) is 12.6. The average molecular weight is 261 g/mol. The van der Waals surface area contributed by atoms with Crippen molar-refractivity contribution in [3.8, 4) is 0 Å².